The largest absolute Gasteiger partial charge is 0.396 e. The van der Waals surface area contributed by atoms with Crippen molar-refractivity contribution in [3.05, 3.63) is 35.6 Å². The van der Waals surface area contributed by atoms with Gasteiger partial charge >= 0.3 is 0 Å². The fourth-order valence-corrected chi connectivity index (χ4v) is 1.72. The van der Waals surface area contributed by atoms with Gasteiger partial charge in [-0.1, -0.05) is 32.0 Å². The topological polar surface area (TPSA) is 46.2 Å². The maximum atomic E-state index is 13.4. The van der Waals surface area contributed by atoms with Gasteiger partial charge in [-0.15, -0.1) is 0 Å². The highest BCUT2D eigenvalue weighted by Gasteiger charge is 2.23. The van der Waals surface area contributed by atoms with E-state index >= 15 is 0 Å². The first-order valence-corrected chi connectivity index (χ1v) is 5.18. The first-order valence-electron chi connectivity index (χ1n) is 5.18. The van der Waals surface area contributed by atoms with Gasteiger partial charge in [0.05, 0.1) is 0 Å². The number of hydrogen-bond donors (Lipinski definition) is 2. The third-order valence-corrected chi connectivity index (χ3v) is 2.79. The molecule has 1 aromatic carbocycles. The molecule has 15 heavy (non-hydrogen) atoms. The smallest absolute Gasteiger partial charge is 0.127 e. The van der Waals surface area contributed by atoms with E-state index in [4.69, 9.17) is 5.73 Å². The molecule has 0 fully saturated rings. The highest BCUT2D eigenvalue weighted by Crippen LogP contribution is 2.27. The predicted molar refractivity (Wildman–Crippen MR) is 58.7 cm³/mol. The fourth-order valence-electron chi connectivity index (χ4n) is 1.72. The van der Waals surface area contributed by atoms with E-state index in [1.807, 2.05) is 13.8 Å². The number of aliphatic hydroxyl groups excluding tert-OH is 1. The van der Waals surface area contributed by atoms with Crippen molar-refractivity contribution in [2.24, 2.45) is 17.6 Å². The summed E-state index contributed by atoms with van der Waals surface area (Å²) in [7, 11) is 0. The van der Waals surface area contributed by atoms with Gasteiger partial charge < -0.3 is 10.8 Å². The molecular formula is C12H18FNO. The Bertz CT molecular complexity index is 314. The standard InChI is InChI=1S/C12H18FNO/c1-8(2)10(7-15)12(14)9-5-3-4-6-11(9)13/h3-6,8,10,12,15H,7,14H2,1-2H3. The van der Waals surface area contributed by atoms with Gasteiger partial charge in [-0.25, -0.2) is 4.39 Å². The minimum absolute atomic E-state index is 0.0207. The minimum atomic E-state index is -0.448. The van der Waals surface area contributed by atoms with Crippen LogP contribution in [0.5, 0.6) is 0 Å². The van der Waals surface area contributed by atoms with Gasteiger partial charge in [0.15, 0.2) is 0 Å². The van der Waals surface area contributed by atoms with Gasteiger partial charge in [-0.05, 0) is 12.0 Å². The normalized spacial score (nSPS) is 15.3. The lowest BCUT2D eigenvalue weighted by atomic mass is 9.85. The second-order valence-corrected chi connectivity index (χ2v) is 4.14. The quantitative estimate of drug-likeness (QED) is 0.801. The van der Waals surface area contributed by atoms with Gasteiger partial charge in [-0.2, -0.15) is 0 Å². The first-order chi connectivity index (χ1) is 7.07. The van der Waals surface area contributed by atoms with Gasteiger partial charge in [0.2, 0.25) is 0 Å². The number of halogens is 1. The molecule has 0 aliphatic carbocycles. The molecule has 0 saturated heterocycles. The summed E-state index contributed by atoms with van der Waals surface area (Å²) in [5.41, 5.74) is 6.43. The Balaban J connectivity index is 2.92. The molecule has 0 bridgehead atoms. The Morgan fingerprint density at radius 3 is 2.40 bits per heavy atom. The van der Waals surface area contributed by atoms with Gasteiger partial charge in [0.25, 0.3) is 0 Å². The molecule has 0 aromatic heterocycles. The molecule has 2 nitrogen and oxygen atoms in total. The molecule has 2 atom stereocenters. The van der Waals surface area contributed by atoms with Crippen LogP contribution in [-0.2, 0) is 0 Å². The maximum Gasteiger partial charge on any atom is 0.127 e. The molecule has 1 rings (SSSR count). The molecule has 0 radical (unpaired) electrons. The molecule has 2 unspecified atom stereocenters. The number of hydrogen-bond acceptors (Lipinski definition) is 2. The van der Waals surface area contributed by atoms with Crippen molar-refractivity contribution in [2.45, 2.75) is 19.9 Å². The van der Waals surface area contributed by atoms with Gasteiger partial charge in [-0.3, -0.25) is 0 Å². The molecule has 3 N–H and O–H groups in total. The summed E-state index contributed by atoms with van der Waals surface area (Å²) < 4.78 is 13.4. The average molecular weight is 211 g/mol. The van der Waals surface area contributed by atoms with E-state index < -0.39 is 6.04 Å². The zero-order valence-electron chi connectivity index (χ0n) is 9.15. The van der Waals surface area contributed by atoms with Crippen molar-refractivity contribution in [1.82, 2.24) is 0 Å². The van der Waals surface area contributed by atoms with Crippen molar-refractivity contribution >= 4 is 0 Å². The van der Waals surface area contributed by atoms with E-state index in [9.17, 15) is 9.50 Å². The Morgan fingerprint density at radius 1 is 1.33 bits per heavy atom. The number of nitrogens with two attached hydrogens (primary N) is 1. The summed E-state index contributed by atoms with van der Waals surface area (Å²) in [4.78, 5) is 0. The Labute approximate surface area is 89.9 Å². The van der Waals surface area contributed by atoms with E-state index in [0.29, 0.717) is 5.56 Å². The van der Waals surface area contributed by atoms with Crippen molar-refractivity contribution in [2.75, 3.05) is 6.61 Å². The zero-order chi connectivity index (χ0) is 11.4. The van der Waals surface area contributed by atoms with Crippen molar-refractivity contribution in [3.8, 4) is 0 Å². The van der Waals surface area contributed by atoms with Crippen LogP contribution < -0.4 is 5.73 Å². The van der Waals surface area contributed by atoms with Crippen LogP contribution in [0.25, 0.3) is 0 Å². The average Bonchev–Trinajstić information content (AvgIpc) is 2.18. The molecule has 0 aliphatic heterocycles. The van der Waals surface area contributed by atoms with Crippen molar-refractivity contribution < 1.29 is 9.50 Å². The fraction of sp³-hybridized carbons (Fsp3) is 0.500. The van der Waals surface area contributed by atoms with Crippen LogP contribution in [0.4, 0.5) is 4.39 Å². The van der Waals surface area contributed by atoms with Crippen LogP contribution >= 0.6 is 0 Å². The van der Waals surface area contributed by atoms with E-state index in [2.05, 4.69) is 0 Å². The van der Waals surface area contributed by atoms with Crippen LogP contribution in [0.15, 0.2) is 24.3 Å². The SMILES string of the molecule is CC(C)C(CO)C(N)c1ccccc1F. The number of aliphatic hydroxyl groups is 1. The molecule has 0 spiro atoms. The summed E-state index contributed by atoms with van der Waals surface area (Å²) in [6.45, 7) is 3.93. The van der Waals surface area contributed by atoms with Crippen LogP contribution in [-0.4, -0.2) is 11.7 Å². The third kappa shape index (κ3) is 2.76. The zero-order valence-corrected chi connectivity index (χ0v) is 9.15. The summed E-state index contributed by atoms with van der Waals surface area (Å²) in [6.07, 6.45) is 0. The van der Waals surface area contributed by atoms with Gasteiger partial charge in [0.1, 0.15) is 5.82 Å². The number of rotatable bonds is 4. The summed E-state index contributed by atoms with van der Waals surface area (Å²) in [6, 6.07) is 6.01. The minimum Gasteiger partial charge on any atom is -0.396 e. The van der Waals surface area contributed by atoms with Crippen LogP contribution in [0, 0.1) is 17.7 Å². The molecule has 1 aromatic rings. The van der Waals surface area contributed by atoms with E-state index in [1.54, 1.807) is 18.2 Å². The molecule has 0 saturated carbocycles. The lowest BCUT2D eigenvalue weighted by molar-refractivity contribution is 0.164. The molecule has 0 aliphatic rings. The first kappa shape index (κ1) is 12.1. The van der Waals surface area contributed by atoms with E-state index in [1.165, 1.54) is 6.07 Å². The van der Waals surface area contributed by atoms with E-state index in [0.717, 1.165) is 0 Å². The molecular weight excluding hydrogens is 193 g/mol. The second-order valence-electron chi connectivity index (χ2n) is 4.14. The molecule has 0 amide bonds. The van der Waals surface area contributed by atoms with Crippen LogP contribution in [0.2, 0.25) is 0 Å². The van der Waals surface area contributed by atoms with E-state index in [-0.39, 0.29) is 24.3 Å². The third-order valence-electron chi connectivity index (χ3n) is 2.79. The Morgan fingerprint density at radius 2 is 1.93 bits per heavy atom. The van der Waals surface area contributed by atoms with Crippen molar-refractivity contribution in [1.29, 1.82) is 0 Å². The molecule has 84 valence electrons. The summed E-state index contributed by atoms with van der Waals surface area (Å²) in [5.74, 6) is -0.185. The van der Waals surface area contributed by atoms with Gasteiger partial charge in [0, 0.05) is 24.1 Å². The summed E-state index contributed by atoms with van der Waals surface area (Å²) in [5, 5.41) is 9.22. The summed E-state index contributed by atoms with van der Waals surface area (Å²) >= 11 is 0. The lowest BCUT2D eigenvalue weighted by Crippen LogP contribution is -2.29. The number of benzene rings is 1. The van der Waals surface area contributed by atoms with Crippen LogP contribution in [0.3, 0.4) is 0 Å². The maximum absolute atomic E-state index is 13.4. The highest BCUT2D eigenvalue weighted by molar-refractivity contribution is 5.21. The lowest BCUT2D eigenvalue weighted by Gasteiger charge is -2.25. The Hall–Kier alpha value is -0.930. The predicted octanol–water partition coefficient (Wildman–Crippen LogP) is 2.09. The molecule has 3 heteroatoms. The highest BCUT2D eigenvalue weighted by atomic mass is 19.1. The Kier molecular flexibility index (Phi) is 4.24. The van der Waals surface area contributed by atoms with Crippen molar-refractivity contribution in [3.63, 3.8) is 0 Å². The van der Waals surface area contributed by atoms with Crippen LogP contribution in [0.1, 0.15) is 25.5 Å². The molecule has 0 heterocycles. The monoisotopic (exact) mass is 211 g/mol. The second kappa shape index (κ2) is 5.24.